The summed E-state index contributed by atoms with van der Waals surface area (Å²) in [7, 11) is -33.2. The predicted octanol–water partition coefficient (Wildman–Crippen LogP) is 0.952. The zero-order valence-electron chi connectivity index (χ0n) is 33.6. The molecule has 12 atom stereocenters. The molecule has 360 valence electrons. The van der Waals surface area contributed by atoms with E-state index >= 15 is 0 Å². The van der Waals surface area contributed by atoms with Crippen LogP contribution in [-0.4, -0.2) is 114 Å². The normalized spacial score (nSPS) is 32.5. The Balaban J connectivity index is 0.000000340. The van der Waals surface area contributed by atoms with Gasteiger partial charge in [0, 0.05) is 35.5 Å². The molecule has 4 heterocycles. The summed E-state index contributed by atoms with van der Waals surface area (Å²) in [5.41, 5.74) is 3.59. The van der Waals surface area contributed by atoms with Gasteiger partial charge in [-0.05, 0) is 19.4 Å². The number of phosphoric acid groups is 6. The highest BCUT2D eigenvalue weighted by Crippen LogP contribution is 2.67. The first-order valence-electron chi connectivity index (χ1n) is 17.2. The average Bonchev–Trinajstić information content (AvgIpc) is 3.51. The lowest BCUT2D eigenvalue weighted by Crippen LogP contribution is -2.52. The number of aliphatic hydroxyl groups is 2. The van der Waals surface area contributed by atoms with E-state index < -0.39 is 108 Å². The molecule has 0 radical (unpaired) electrons. The molecule has 6 unspecified atom stereocenters. The number of terminal acetylenes is 2. The van der Waals surface area contributed by atoms with Gasteiger partial charge in [0.15, 0.2) is 23.7 Å². The van der Waals surface area contributed by atoms with Crippen LogP contribution < -0.4 is 11.1 Å². The van der Waals surface area contributed by atoms with Crippen LogP contribution in [0.15, 0.2) is 65.6 Å². The molecule has 0 saturated carbocycles. The van der Waals surface area contributed by atoms with Crippen molar-refractivity contribution in [2.24, 2.45) is 22.6 Å². The third-order valence-corrected chi connectivity index (χ3v) is 16.8. The molecule has 0 aromatic heterocycles. The maximum Gasteiger partial charge on any atom is 0.490 e. The van der Waals surface area contributed by atoms with E-state index in [4.69, 9.17) is 47.6 Å². The molecule has 4 rings (SSSR count). The molecule has 0 bridgehead atoms. The summed E-state index contributed by atoms with van der Waals surface area (Å²) in [5, 5.41) is 24.9. The molecule has 64 heavy (non-hydrogen) atoms. The SMILES string of the molecule is C#CC1(O)[C@@H](C)[C@@H](COP(=O)(O)OP(=O)(O)OP(=O)(O)O)O[C@H]1N1C=C(C)C(=C)NC1=C.C#CC1(O)[C@@H](C)[C@@H](COP(=O)(O)OP(=O)(O)OP(=O)(O)O)O[C@H]1N1C=C(C)C(N)=NC1=C. The number of phosphoric ester groups is 2. The number of hydrogen-bond acceptors (Lipinski definition) is 21. The van der Waals surface area contributed by atoms with Crippen LogP contribution in [0.1, 0.15) is 27.7 Å². The minimum Gasteiger partial charge on any atom is -0.383 e. The van der Waals surface area contributed by atoms with Crippen LogP contribution in [0.4, 0.5) is 0 Å². The molecular weight excluding hydrogens is 988 g/mol. The summed E-state index contributed by atoms with van der Waals surface area (Å²) in [5.74, 6) is 3.18. The van der Waals surface area contributed by atoms with Gasteiger partial charge in [0.05, 0.1) is 25.4 Å². The molecule has 2 fully saturated rings. The Morgan fingerprint density at radius 3 is 1.47 bits per heavy atom. The van der Waals surface area contributed by atoms with Crippen LogP contribution in [0.2, 0.25) is 0 Å². The van der Waals surface area contributed by atoms with Gasteiger partial charge < -0.3 is 79.7 Å². The number of nitrogens with zero attached hydrogens (tertiary/aromatic N) is 3. The Morgan fingerprint density at radius 1 is 0.719 bits per heavy atom. The maximum atomic E-state index is 12.0. The van der Waals surface area contributed by atoms with Crippen molar-refractivity contribution in [2.75, 3.05) is 13.2 Å². The van der Waals surface area contributed by atoms with Crippen molar-refractivity contribution in [3.05, 3.63) is 60.6 Å². The standard InChI is InChI=1S/C15H23N2O12P3.C14H22N3O12P3/c1-6-15(18)10(3)13(27-14(15)17-7-9(2)11(4)16-12(17)5)8-26-31(22,23)29-32(24,25)28-30(19,20)21;1-5-14(18)9(3)11(27-13(14)17-6-8(2)12(15)16-10(17)4)7-26-31(22,23)29-32(24,25)28-30(19,20)21/h1,7,10,13-14,16,18H,4-5,8H2,2-3H3,(H,22,23)(H,24,25)(H2,19,20,21);1,6,9,11,13,18H,4,7H2,2-3H3,(H2,15,16)(H,22,23)(H,24,25)(H2,19,20,21)/t10-,13+,14+,15?;9-,11+,13+,14?/m00/s1. The van der Waals surface area contributed by atoms with E-state index in [-0.39, 0.29) is 17.5 Å². The second-order valence-corrected chi connectivity index (χ2v) is 22.6. The van der Waals surface area contributed by atoms with Crippen molar-refractivity contribution in [2.45, 2.75) is 63.6 Å². The molecular formula is C29H45N5O24P6. The topological polar surface area (TPSA) is 435 Å². The largest absolute Gasteiger partial charge is 0.490 e. The Morgan fingerprint density at radius 2 is 1.09 bits per heavy atom. The summed E-state index contributed by atoms with van der Waals surface area (Å²) in [6, 6.07) is 0. The monoisotopic (exact) mass is 1030 g/mol. The summed E-state index contributed by atoms with van der Waals surface area (Å²) in [4.78, 5) is 78.6. The molecule has 0 amide bonds. The van der Waals surface area contributed by atoms with Crippen LogP contribution in [0, 0.1) is 36.5 Å². The van der Waals surface area contributed by atoms with Gasteiger partial charge in [-0.1, -0.05) is 45.4 Å². The van der Waals surface area contributed by atoms with E-state index in [9.17, 15) is 57.2 Å². The first-order valence-corrected chi connectivity index (χ1v) is 26.3. The van der Waals surface area contributed by atoms with E-state index in [2.05, 4.69) is 68.2 Å². The van der Waals surface area contributed by atoms with Crippen molar-refractivity contribution < 1.29 is 113 Å². The number of hydrogen-bond donors (Lipinski definition) is 12. The van der Waals surface area contributed by atoms with Crippen molar-refractivity contribution in [1.82, 2.24) is 15.1 Å². The van der Waals surface area contributed by atoms with Crippen LogP contribution in [0.25, 0.3) is 0 Å². The smallest absolute Gasteiger partial charge is 0.383 e. The lowest BCUT2D eigenvalue weighted by molar-refractivity contribution is -0.0904. The first-order chi connectivity index (χ1) is 28.8. The zero-order valence-corrected chi connectivity index (χ0v) is 39.0. The van der Waals surface area contributed by atoms with Gasteiger partial charge in [-0.25, -0.2) is 32.4 Å². The van der Waals surface area contributed by atoms with Crippen molar-refractivity contribution in [1.29, 1.82) is 0 Å². The first kappa shape index (κ1) is 55.7. The Labute approximate surface area is 364 Å². The minimum atomic E-state index is -5.68. The van der Waals surface area contributed by atoms with Gasteiger partial charge in [-0.2, -0.15) is 17.2 Å². The molecule has 35 heteroatoms. The molecule has 29 nitrogen and oxygen atoms in total. The highest BCUT2D eigenvalue weighted by Gasteiger charge is 2.58. The number of ether oxygens (including phenoxy) is 2. The number of allylic oxidation sites excluding steroid dienone is 1. The number of nitrogens with one attached hydrogen (secondary N) is 1. The van der Waals surface area contributed by atoms with Gasteiger partial charge in [0.2, 0.25) is 0 Å². The van der Waals surface area contributed by atoms with Crippen molar-refractivity contribution in [3.8, 4) is 24.7 Å². The molecule has 4 aliphatic rings. The Hall–Kier alpha value is -2.65. The van der Waals surface area contributed by atoms with Gasteiger partial charge >= 0.3 is 46.9 Å². The average molecular weight is 1030 g/mol. The molecule has 0 aromatic carbocycles. The molecule has 0 aliphatic carbocycles. The number of rotatable bonds is 16. The van der Waals surface area contributed by atoms with E-state index in [0.29, 0.717) is 16.8 Å². The highest BCUT2D eigenvalue weighted by atomic mass is 31.3. The number of nitrogens with two attached hydrogens (primary N) is 1. The Bertz CT molecular complexity index is 2360. The second kappa shape index (κ2) is 19.9. The fraction of sp³-hybridized carbons (Fsp3) is 0.483. The Kier molecular flexibility index (Phi) is 17.3. The lowest BCUT2D eigenvalue weighted by Gasteiger charge is -2.38. The van der Waals surface area contributed by atoms with Crippen molar-refractivity contribution >= 4 is 52.8 Å². The molecule has 0 spiro atoms. The van der Waals surface area contributed by atoms with Gasteiger partial charge in [0.1, 0.15) is 17.5 Å². The minimum absolute atomic E-state index is 0.0903. The molecule has 0 aromatic rings. The second-order valence-electron chi connectivity index (χ2n) is 13.7. The third-order valence-electron chi connectivity index (χ3n) is 9.17. The number of aliphatic imine (C=N–C) groups is 1. The fourth-order valence-corrected chi connectivity index (χ4v) is 11.9. The number of amidine groups is 1. The van der Waals surface area contributed by atoms with E-state index in [1.807, 2.05) is 0 Å². The summed E-state index contributed by atoms with van der Waals surface area (Å²) in [6.45, 7) is 16.0. The summed E-state index contributed by atoms with van der Waals surface area (Å²) in [6.07, 6.45) is 9.32. The third kappa shape index (κ3) is 14.2. The highest BCUT2D eigenvalue weighted by molar-refractivity contribution is 7.67. The predicted molar refractivity (Wildman–Crippen MR) is 216 cm³/mol. The van der Waals surface area contributed by atoms with Crippen LogP contribution in [0.3, 0.4) is 0 Å². The van der Waals surface area contributed by atoms with Gasteiger partial charge in [-0.3, -0.25) is 9.05 Å². The lowest BCUT2D eigenvalue weighted by atomic mass is 9.86. The van der Waals surface area contributed by atoms with E-state index in [0.717, 1.165) is 0 Å². The van der Waals surface area contributed by atoms with Crippen LogP contribution >= 0.6 is 46.9 Å². The van der Waals surface area contributed by atoms with Crippen LogP contribution in [0.5, 0.6) is 0 Å². The van der Waals surface area contributed by atoms with Crippen molar-refractivity contribution in [3.63, 3.8) is 0 Å². The van der Waals surface area contributed by atoms with E-state index in [1.54, 1.807) is 20.0 Å². The molecule has 13 N–H and O–H groups in total. The quantitative estimate of drug-likeness (QED) is 0.0756. The zero-order chi connectivity index (χ0) is 49.4. The summed E-state index contributed by atoms with van der Waals surface area (Å²) >= 11 is 0. The maximum absolute atomic E-state index is 12.0. The molecule has 4 aliphatic heterocycles. The summed E-state index contributed by atoms with van der Waals surface area (Å²) < 4.78 is 103. The van der Waals surface area contributed by atoms with Crippen LogP contribution in [-0.2, 0) is 63.2 Å². The van der Waals surface area contributed by atoms with Gasteiger partial charge in [0.25, 0.3) is 0 Å². The van der Waals surface area contributed by atoms with E-state index in [1.165, 1.54) is 29.8 Å². The fourth-order valence-electron chi connectivity index (χ4n) is 5.81. The van der Waals surface area contributed by atoms with Gasteiger partial charge in [-0.15, -0.1) is 12.8 Å². The molecule has 2 saturated heterocycles.